The van der Waals surface area contributed by atoms with Crippen LogP contribution in [-0.2, 0) is 6.61 Å². The highest BCUT2D eigenvalue weighted by atomic mass is 16.5. The van der Waals surface area contributed by atoms with Crippen molar-refractivity contribution in [3.05, 3.63) is 60.7 Å². The summed E-state index contributed by atoms with van der Waals surface area (Å²) in [6.45, 7) is 0.343. The Balaban J connectivity index is 1.63. The Morgan fingerprint density at radius 2 is 1.71 bits per heavy atom. The number of aromatic amines is 1. The zero-order valence-corrected chi connectivity index (χ0v) is 11.2. The standard InChI is InChI=1S/C16H12N4O/c1-2-6-12-11(5-1)16(18-10-17-12)21-9-15-19-13-7-3-4-8-14(13)20-15/h1-8,10H,9H2,(H,19,20). The van der Waals surface area contributed by atoms with E-state index >= 15 is 0 Å². The second kappa shape index (κ2) is 4.86. The van der Waals surface area contributed by atoms with Gasteiger partial charge < -0.3 is 9.72 Å². The zero-order chi connectivity index (χ0) is 14.1. The van der Waals surface area contributed by atoms with Crippen LogP contribution in [0.5, 0.6) is 5.88 Å². The number of hydrogen-bond acceptors (Lipinski definition) is 4. The Morgan fingerprint density at radius 3 is 2.62 bits per heavy atom. The first-order chi connectivity index (χ1) is 10.4. The van der Waals surface area contributed by atoms with Gasteiger partial charge in [0, 0.05) is 0 Å². The minimum Gasteiger partial charge on any atom is -0.469 e. The van der Waals surface area contributed by atoms with Gasteiger partial charge in [-0.3, -0.25) is 0 Å². The number of ether oxygens (including phenoxy) is 1. The summed E-state index contributed by atoms with van der Waals surface area (Å²) in [5, 5.41) is 0.899. The molecule has 0 bridgehead atoms. The average Bonchev–Trinajstić information content (AvgIpc) is 2.96. The molecule has 1 N–H and O–H groups in total. The third kappa shape index (κ3) is 2.18. The van der Waals surface area contributed by atoms with Gasteiger partial charge in [-0.15, -0.1) is 0 Å². The Bertz CT molecular complexity index is 878. The van der Waals surface area contributed by atoms with Gasteiger partial charge in [0.2, 0.25) is 5.88 Å². The van der Waals surface area contributed by atoms with Crippen molar-refractivity contribution in [3.63, 3.8) is 0 Å². The molecule has 4 aromatic rings. The predicted molar refractivity (Wildman–Crippen MR) is 80.0 cm³/mol. The van der Waals surface area contributed by atoms with E-state index in [-0.39, 0.29) is 0 Å². The molecule has 0 saturated heterocycles. The monoisotopic (exact) mass is 276 g/mol. The van der Waals surface area contributed by atoms with Crippen molar-refractivity contribution in [2.75, 3.05) is 0 Å². The van der Waals surface area contributed by atoms with Crippen LogP contribution in [0.3, 0.4) is 0 Å². The van der Waals surface area contributed by atoms with E-state index in [9.17, 15) is 0 Å². The fourth-order valence-electron chi connectivity index (χ4n) is 2.31. The maximum Gasteiger partial charge on any atom is 0.224 e. The lowest BCUT2D eigenvalue weighted by molar-refractivity contribution is 0.289. The first-order valence-corrected chi connectivity index (χ1v) is 6.66. The van der Waals surface area contributed by atoms with Gasteiger partial charge in [0.15, 0.2) is 0 Å². The molecule has 0 aliphatic carbocycles. The molecule has 2 heterocycles. The summed E-state index contributed by atoms with van der Waals surface area (Å²) in [6.07, 6.45) is 1.51. The van der Waals surface area contributed by atoms with Crippen LogP contribution in [-0.4, -0.2) is 19.9 Å². The predicted octanol–water partition coefficient (Wildman–Crippen LogP) is 3.09. The van der Waals surface area contributed by atoms with Crippen LogP contribution in [0, 0.1) is 0 Å². The van der Waals surface area contributed by atoms with Gasteiger partial charge in [0.25, 0.3) is 0 Å². The molecule has 0 unspecified atom stereocenters. The average molecular weight is 276 g/mol. The summed E-state index contributed by atoms with van der Waals surface area (Å²) in [7, 11) is 0. The van der Waals surface area contributed by atoms with Gasteiger partial charge in [-0.2, -0.15) is 0 Å². The fraction of sp³-hybridized carbons (Fsp3) is 0.0625. The molecule has 0 saturated carbocycles. The molecule has 0 radical (unpaired) electrons. The van der Waals surface area contributed by atoms with Crippen molar-refractivity contribution in [1.29, 1.82) is 0 Å². The Morgan fingerprint density at radius 1 is 0.905 bits per heavy atom. The number of para-hydroxylation sites is 3. The summed E-state index contributed by atoms with van der Waals surface area (Å²) < 4.78 is 5.79. The number of rotatable bonds is 3. The van der Waals surface area contributed by atoms with E-state index in [1.165, 1.54) is 6.33 Å². The number of imidazole rings is 1. The molecule has 4 rings (SSSR count). The molecule has 5 nitrogen and oxygen atoms in total. The minimum absolute atomic E-state index is 0.343. The summed E-state index contributed by atoms with van der Waals surface area (Å²) in [5.74, 6) is 1.35. The fourth-order valence-corrected chi connectivity index (χ4v) is 2.31. The smallest absolute Gasteiger partial charge is 0.224 e. The second-order valence-electron chi connectivity index (χ2n) is 4.69. The van der Waals surface area contributed by atoms with Crippen LogP contribution >= 0.6 is 0 Å². The molecule has 0 amide bonds. The highest BCUT2D eigenvalue weighted by Gasteiger charge is 2.06. The van der Waals surface area contributed by atoms with E-state index in [0.717, 1.165) is 27.8 Å². The first-order valence-electron chi connectivity index (χ1n) is 6.66. The largest absolute Gasteiger partial charge is 0.469 e. The summed E-state index contributed by atoms with van der Waals surface area (Å²) in [5.41, 5.74) is 2.80. The van der Waals surface area contributed by atoms with Crippen LogP contribution in [0.1, 0.15) is 5.82 Å². The van der Waals surface area contributed by atoms with Gasteiger partial charge in [-0.1, -0.05) is 24.3 Å². The van der Waals surface area contributed by atoms with Crippen molar-refractivity contribution >= 4 is 21.9 Å². The number of H-pyrrole nitrogens is 1. The SMILES string of the molecule is c1ccc2[nH]c(COc3ncnc4ccccc34)nc2c1. The number of nitrogens with zero attached hydrogens (tertiary/aromatic N) is 3. The third-order valence-electron chi connectivity index (χ3n) is 3.29. The van der Waals surface area contributed by atoms with E-state index in [1.807, 2.05) is 48.5 Å². The summed E-state index contributed by atoms with van der Waals surface area (Å²) in [6, 6.07) is 15.7. The molecule has 21 heavy (non-hydrogen) atoms. The van der Waals surface area contributed by atoms with Crippen LogP contribution in [0.25, 0.3) is 21.9 Å². The van der Waals surface area contributed by atoms with Crippen LogP contribution in [0.2, 0.25) is 0 Å². The molecular formula is C16H12N4O. The molecule has 2 aromatic carbocycles. The maximum absolute atomic E-state index is 5.79. The molecule has 102 valence electrons. The van der Waals surface area contributed by atoms with Crippen molar-refractivity contribution in [1.82, 2.24) is 19.9 Å². The van der Waals surface area contributed by atoms with Crippen molar-refractivity contribution in [2.45, 2.75) is 6.61 Å². The normalized spacial score (nSPS) is 11.0. The van der Waals surface area contributed by atoms with Crippen molar-refractivity contribution < 1.29 is 4.74 Å². The number of aromatic nitrogens is 4. The summed E-state index contributed by atoms with van der Waals surface area (Å²) >= 11 is 0. The topological polar surface area (TPSA) is 63.7 Å². The molecule has 0 fully saturated rings. The third-order valence-corrected chi connectivity index (χ3v) is 3.29. The molecule has 0 aliphatic heterocycles. The second-order valence-corrected chi connectivity index (χ2v) is 4.69. The van der Waals surface area contributed by atoms with E-state index in [0.29, 0.717) is 12.5 Å². The van der Waals surface area contributed by atoms with E-state index in [2.05, 4.69) is 19.9 Å². The highest BCUT2D eigenvalue weighted by molar-refractivity contribution is 5.82. The molecule has 0 atom stereocenters. The van der Waals surface area contributed by atoms with Crippen molar-refractivity contribution in [2.24, 2.45) is 0 Å². The van der Waals surface area contributed by atoms with E-state index in [4.69, 9.17) is 4.74 Å². The lowest BCUT2D eigenvalue weighted by Crippen LogP contribution is -2.00. The molecule has 0 aliphatic rings. The van der Waals surface area contributed by atoms with Crippen LogP contribution in [0.15, 0.2) is 54.9 Å². The van der Waals surface area contributed by atoms with Gasteiger partial charge in [-0.25, -0.2) is 15.0 Å². The van der Waals surface area contributed by atoms with E-state index in [1.54, 1.807) is 0 Å². The number of fused-ring (bicyclic) bond motifs is 2. The Kier molecular flexibility index (Phi) is 2.74. The van der Waals surface area contributed by atoms with Crippen LogP contribution < -0.4 is 4.74 Å². The zero-order valence-electron chi connectivity index (χ0n) is 11.2. The lowest BCUT2D eigenvalue weighted by atomic mass is 10.2. The lowest BCUT2D eigenvalue weighted by Gasteiger charge is -2.05. The van der Waals surface area contributed by atoms with Gasteiger partial charge in [0.05, 0.1) is 21.9 Å². The quantitative estimate of drug-likeness (QED) is 0.624. The molecule has 0 spiro atoms. The summed E-state index contributed by atoms with van der Waals surface area (Å²) in [4.78, 5) is 16.1. The van der Waals surface area contributed by atoms with Gasteiger partial charge in [0.1, 0.15) is 18.8 Å². The number of hydrogen-bond donors (Lipinski definition) is 1. The highest BCUT2D eigenvalue weighted by Crippen LogP contribution is 2.21. The first kappa shape index (κ1) is 11.8. The van der Waals surface area contributed by atoms with Crippen LogP contribution in [0.4, 0.5) is 0 Å². The van der Waals surface area contributed by atoms with Crippen molar-refractivity contribution in [3.8, 4) is 5.88 Å². The maximum atomic E-state index is 5.79. The van der Waals surface area contributed by atoms with Gasteiger partial charge >= 0.3 is 0 Å². The minimum atomic E-state index is 0.343. The molecular weight excluding hydrogens is 264 g/mol. The van der Waals surface area contributed by atoms with E-state index < -0.39 is 0 Å². The molecule has 2 aromatic heterocycles. The molecule has 5 heteroatoms. The van der Waals surface area contributed by atoms with Gasteiger partial charge in [-0.05, 0) is 24.3 Å². The number of benzene rings is 2. The number of nitrogens with one attached hydrogen (secondary N) is 1. The Hall–Kier alpha value is -2.95. The Labute approximate surface area is 120 Å².